The smallest absolute Gasteiger partial charge is 0.264 e. The Hall–Kier alpha value is -3.03. The second-order valence-corrected chi connectivity index (χ2v) is 6.91. The number of carbonyl (C=O) groups excluding carboxylic acids is 1. The second kappa shape index (κ2) is 6.94. The Kier molecular flexibility index (Phi) is 4.47. The number of fused-ring (bicyclic) bond motifs is 1. The molecule has 27 heavy (non-hydrogen) atoms. The van der Waals surface area contributed by atoms with Gasteiger partial charge in [-0.2, -0.15) is 0 Å². The van der Waals surface area contributed by atoms with Crippen LogP contribution in [-0.4, -0.2) is 57.7 Å². The van der Waals surface area contributed by atoms with E-state index < -0.39 is 0 Å². The van der Waals surface area contributed by atoms with Crippen LogP contribution in [-0.2, 0) is 16.1 Å². The topological polar surface area (TPSA) is 85.0 Å². The molecule has 0 unspecified atom stereocenters. The van der Waals surface area contributed by atoms with Gasteiger partial charge in [-0.3, -0.25) is 9.79 Å². The summed E-state index contributed by atoms with van der Waals surface area (Å²) in [6.07, 6.45) is 6.19. The van der Waals surface area contributed by atoms with E-state index in [1.165, 1.54) is 17.7 Å². The molecule has 8 heteroatoms. The second-order valence-electron chi connectivity index (χ2n) is 6.91. The van der Waals surface area contributed by atoms with Crippen LogP contribution in [0.25, 0.3) is 11.2 Å². The molecule has 2 fully saturated rings. The molecule has 0 bridgehead atoms. The third kappa shape index (κ3) is 3.60. The summed E-state index contributed by atoms with van der Waals surface area (Å²) in [4.78, 5) is 31.2. The number of carbonyl (C=O) groups is 1. The average molecular weight is 366 g/mol. The van der Waals surface area contributed by atoms with Gasteiger partial charge in [0.15, 0.2) is 18.1 Å². The fourth-order valence-corrected chi connectivity index (χ4v) is 3.03. The summed E-state index contributed by atoms with van der Waals surface area (Å²) >= 11 is 0. The quantitative estimate of drug-likeness (QED) is 0.778. The third-order valence-electron chi connectivity index (χ3n) is 4.73. The number of rotatable bonds is 4. The lowest BCUT2D eigenvalue weighted by Gasteiger charge is -2.26. The number of nitrogens with zero attached hydrogens (tertiary/aromatic N) is 6. The zero-order chi connectivity index (χ0) is 19.0. The molecule has 3 heterocycles. The van der Waals surface area contributed by atoms with Gasteiger partial charge in [-0.15, -0.1) is 0 Å². The van der Waals surface area contributed by atoms with Crippen molar-refractivity contribution in [3.05, 3.63) is 30.2 Å². The fraction of sp³-hybridized carbons (Fsp3) is 0.421. The van der Waals surface area contributed by atoms with Crippen molar-refractivity contribution in [2.24, 2.45) is 15.9 Å². The fourth-order valence-electron chi connectivity index (χ4n) is 3.03. The first-order valence-corrected chi connectivity index (χ1v) is 9.00. The molecule has 2 aliphatic rings. The molecule has 4 rings (SSSR count). The molecule has 2 aromatic heterocycles. The van der Waals surface area contributed by atoms with Gasteiger partial charge in [-0.1, -0.05) is 0 Å². The Morgan fingerprint density at radius 3 is 2.96 bits per heavy atom. The number of hydrogen-bond acceptors (Lipinski definition) is 6. The van der Waals surface area contributed by atoms with Gasteiger partial charge in [0.05, 0.1) is 6.33 Å². The van der Waals surface area contributed by atoms with Gasteiger partial charge in [-0.05, 0) is 43.9 Å². The summed E-state index contributed by atoms with van der Waals surface area (Å²) in [5.74, 6) is 1.66. The minimum atomic E-state index is -0.120. The number of aliphatic imine (C=N–C) groups is 2. The molecule has 1 saturated carbocycles. The lowest BCUT2D eigenvalue weighted by molar-refractivity contribution is -0.131. The van der Waals surface area contributed by atoms with E-state index in [1.807, 2.05) is 25.4 Å². The average Bonchev–Trinajstić information content (AvgIpc) is 3.39. The summed E-state index contributed by atoms with van der Waals surface area (Å²) < 4.78 is 7.49. The van der Waals surface area contributed by atoms with Crippen LogP contribution in [0.5, 0.6) is 0 Å². The highest BCUT2D eigenvalue weighted by Crippen LogP contribution is 2.31. The highest BCUT2D eigenvalue weighted by molar-refractivity contribution is 6.07. The minimum Gasteiger partial charge on any atom is -0.466 e. The first-order chi connectivity index (χ1) is 13.0. The van der Waals surface area contributed by atoms with Gasteiger partial charge in [0.1, 0.15) is 11.2 Å². The van der Waals surface area contributed by atoms with Crippen molar-refractivity contribution < 1.29 is 9.53 Å². The van der Waals surface area contributed by atoms with Crippen molar-refractivity contribution in [1.82, 2.24) is 19.4 Å². The van der Waals surface area contributed by atoms with E-state index in [-0.39, 0.29) is 12.5 Å². The van der Waals surface area contributed by atoms with E-state index in [0.717, 1.165) is 23.6 Å². The van der Waals surface area contributed by atoms with E-state index in [4.69, 9.17) is 4.74 Å². The van der Waals surface area contributed by atoms with Crippen LogP contribution >= 0.6 is 0 Å². The number of hydrogen-bond donors (Lipinski definition) is 0. The largest absolute Gasteiger partial charge is 0.466 e. The normalized spacial score (nSPS) is 21.4. The number of imidazole rings is 1. The Balaban J connectivity index is 1.64. The standard InChI is InChI=1S/C19H22N6O2/c1-12(8-15-19(20-2)27-10-17(26)24(15)3)22-16-7-6-14-18(23-16)25(11-21-14)9-13-4-5-13/h6-8,11,13H,4-5,9-10H2,1-3H3/b15-8+,20-19?,22-12?. The number of aromatic nitrogens is 3. The maximum atomic E-state index is 11.9. The number of likely N-dealkylation sites (N-methyl/N-ethyl adjacent to an activating group) is 1. The molecular formula is C19H22N6O2. The number of allylic oxidation sites excluding steroid dienone is 1. The van der Waals surface area contributed by atoms with Gasteiger partial charge in [0.25, 0.3) is 5.91 Å². The van der Waals surface area contributed by atoms with Crippen LogP contribution in [0, 0.1) is 5.92 Å². The van der Waals surface area contributed by atoms with Crippen molar-refractivity contribution in [2.75, 3.05) is 20.7 Å². The first kappa shape index (κ1) is 17.4. The van der Waals surface area contributed by atoms with E-state index in [2.05, 4.69) is 24.5 Å². The van der Waals surface area contributed by atoms with E-state index in [1.54, 1.807) is 20.2 Å². The predicted molar refractivity (Wildman–Crippen MR) is 103 cm³/mol. The molecule has 1 saturated heterocycles. The number of morpholine rings is 1. The predicted octanol–water partition coefficient (Wildman–Crippen LogP) is 2.33. The lowest BCUT2D eigenvalue weighted by atomic mass is 10.2. The number of amides is 1. The van der Waals surface area contributed by atoms with Crippen LogP contribution < -0.4 is 0 Å². The molecule has 140 valence electrons. The Bertz CT molecular complexity index is 983. The zero-order valence-corrected chi connectivity index (χ0v) is 15.7. The van der Waals surface area contributed by atoms with E-state index in [0.29, 0.717) is 23.1 Å². The molecule has 0 radical (unpaired) electrons. The van der Waals surface area contributed by atoms with Crippen LogP contribution in [0.4, 0.5) is 5.82 Å². The van der Waals surface area contributed by atoms with Crippen molar-refractivity contribution in [1.29, 1.82) is 0 Å². The monoisotopic (exact) mass is 366 g/mol. The molecule has 1 amide bonds. The molecule has 1 aliphatic heterocycles. The van der Waals surface area contributed by atoms with Crippen molar-refractivity contribution in [2.45, 2.75) is 26.3 Å². The first-order valence-electron chi connectivity index (χ1n) is 9.00. The zero-order valence-electron chi connectivity index (χ0n) is 15.7. The number of pyridine rings is 1. The highest BCUT2D eigenvalue weighted by atomic mass is 16.5. The maximum Gasteiger partial charge on any atom is 0.264 e. The van der Waals surface area contributed by atoms with Crippen molar-refractivity contribution >= 4 is 34.5 Å². The van der Waals surface area contributed by atoms with Crippen molar-refractivity contribution in [3.8, 4) is 0 Å². The molecule has 2 aromatic rings. The Morgan fingerprint density at radius 1 is 1.41 bits per heavy atom. The van der Waals surface area contributed by atoms with Crippen LogP contribution in [0.1, 0.15) is 19.8 Å². The molecule has 0 aromatic carbocycles. The van der Waals surface area contributed by atoms with E-state index >= 15 is 0 Å². The maximum absolute atomic E-state index is 11.9. The van der Waals surface area contributed by atoms with Crippen molar-refractivity contribution in [3.63, 3.8) is 0 Å². The van der Waals surface area contributed by atoms with Gasteiger partial charge in [-0.25, -0.2) is 15.0 Å². The lowest BCUT2D eigenvalue weighted by Crippen LogP contribution is -2.40. The SMILES string of the molecule is CN=C1OCC(=O)N(C)/C1=C/C(C)=Nc1ccc2ncn(CC3CC3)c2n1. The minimum absolute atomic E-state index is 0.0000890. The molecule has 8 nitrogen and oxygen atoms in total. The van der Waals surface area contributed by atoms with E-state index in [9.17, 15) is 4.79 Å². The van der Waals surface area contributed by atoms with Gasteiger partial charge >= 0.3 is 0 Å². The third-order valence-corrected chi connectivity index (χ3v) is 4.73. The highest BCUT2D eigenvalue weighted by Gasteiger charge is 2.26. The molecule has 0 N–H and O–H groups in total. The summed E-state index contributed by atoms with van der Waals surface area (Å²) in [6.45, 7) is 2.82. The molecule has 1 aliphatic carbocycles. The van der Waals surface area contributed by atoms with Crippen LogP contribution in [0.15, 0.2) is 40.2 Å². The molecule has 0 spiro atoms. The van der Waals surface area contributed by atoms with Crippen LogP contribution in [0.2, 0.25) is 0 Å². The van der Waals surface area contributed by atoms with Gasteiger partial charge in [0, 0.05) is 26.4 Å². The summed E-state index contributed by atoms with van der Waals surface area (Å²) in [7, 11) is 3.34. The Labute approximate surface area is 157 Å². The van der Waals surface area contributed by atoms with Gasteiger partial charge in [0.2, 0.25) is 5.90 Å². The summed E-state index contributed by atoms with van der Waals surface area (Å²) in [5, 5.41) is 0. The molecule has 0 atom stereocenters. The van der Waals surface area contributed by atoms with Crippen LogP contribution in [0.3, 0.4) is 0 Å². The Morgan fingerprint density at radius 2 is 2.22 bits per heavy atom. The summed E-state index contributed by atoms with van der Waals surface area (Å²) in [5.41, 5.74) is 3.02. The number of ether oxygens (including phenoxy) is 1. The van der Waals surface area contributed by atoms with Gasteiger partial charge < -0.3 is 14.2 Å². The summed E-state index contributed by atoms with van der Waals surface area (Å²) in [6, 6.07) is 3.78. The molecular weight excluding hydrogens is 344 g/mol.